The predicted molar refractivity (Wildman–Crippen MR) is 78.5 cm³/mol. The van der Waals surface area contributed by atoms with Crippen LogP contribution in [0.15, 0.2) is 0 Å². The molecule has 102 valence electrons. The number of carbonyl (C=O) groups is 1. The van der Waals surface area contributed by atoms with Gasteiger partial charge in [0.2, 0.25) is 0 Å². The highest BCUT2D eigenvalue weighted by Gasteiger charge is 2.16. The third-order valence-corrected chi connectivity index (χ3v) is 4.80. The molecule has 0 spiro atoms. The molecule has 0 fully saturated rings. The van der Waals surface area contributed by atoms with Crippen LogP contribution in [0.4, 0.5) is 0 Å². The molecular weight excluding hydrogens is 268 g/mol. The van der Waals surface area contributed by atoms with E-state index in [0.717, 1.165) is 24.2 Å². The van der Waals surface area contributed by atoms with E-state index in [1.807, 2.05) is 14.0 Å². The standard InChI is InChI=1S/C13H21ClN2OS/c1-5-9(3)18-8-10(17)7-12-13(14)11(6-2)15-16(12)4/h9H,5-8H2,1-4H3. The van der Waals surface area contributed by atoms with Crippen LogP contribution in [-0.2, 0) is 24.7 Å². The minimum absolute atomic E-state index is 0.216. The second kappa shape index (κ2) is 7.19. The average molecular weight is 289 g/mol. The number of hydrogen-bond acceptors (Lipinski definition) is 3. The van der Waals surface area contributed by atoms with Crippen molar-refractivity contribution in [1.82, 2.24) is 9.78 Å². The van der Waals surface area contributed by atoms with Crippen molar-refractivity contribution in [2.24, 2.45) is 7.05 Å². The van der Waals surface area contributed by atoms with Crippen LogP contribution < -0.4 is 0 Å². The van der Waals surface area contributed by atoms with Gasteiger partial charge >= 0.3 is 0 Å². The van der Waals surface area contributed by atoms with E-state index < -0.39 is 0 Å². The van der Waals surface area contributed by atoms with E-state index in [1.54, 1.807) is 16.4 Å². The van der Waals surface area contributed by atoms with Crippen LogP contribution in [0.2, 0.25) is 5.02 Å². The molecule has 0 saturated heterocycles. The molecule has 5 heteroatoms. The van der Waals surface area contributed by atoms with Crippen molar-refractivity contribution in [3.63, 3.8) is 0 Å². The van der Waals surface area contributed by atoms with Gasteiger partial charge in [-0.2, -0.15) is 16.9 Å². The molecule has 0 bridgehead atoms. The van der Waals surface area contributed by atoms with Crippen LogP contribution in [0.25, 0.3) is 0 Å². The van der Waals surface area contributed by atoms with E-state index in [2.05, 4.69) is 18.9 Å². The maximum absolute atomic E-state index is 11.9. The van der Waals surface area contributed by atoms with Crippen LogP contribution in [0.1, 0.15) is 38.6 Å². The summed E-state index contributed by atoms with van der Waals surface area (Å²) in [4.78, 5) is 11.9. The number of ketones is 1. The van der Waals surface area contributed by atoms with Gasteiger partial charge in [-0.1, -0.05) is 32.4 Å². The van der Waals surface area contributed by atoms with Crippen LogP contribution in [0, 0.1) is 0 Å². The summed E-state index contributed by atoms with van der Waals surface area (Å²) in [6.45, 7) is 6.29. The number of thioether (sulfide) groups is 1. The number of hydrogen-bond donors (Lipinski definition) is 0. The Labute approximate surface area is 118 Å². The summed E-state index contributed by atoms with van der Waals surface area (Å²) in [7, 11) is 1.84. The van der Waals surface area contributed by atoms with Gasteiger partial charge < -0.3 is 0 Å². The maximum Gasteiger partial charge on any atom is 0.148 e. The molecule has 1 heterocycles. The molecule has 0 aliphatic heterocycles. The third-order valence-electron chi connectivity index (χ3n) is 2.97. The van der Waals surface area contributed by atoms with E-state index in [-0.39, 0.29) is 5.78 Å². The summed E-state index contributed by atoms with van der Waals surface area (Å²) < 4.78 is 1.73. The molecule has 0 aromatic carbocycles. The molecule has 1 aromatic rings. The van der Waals surface area contributed by atoms with Crippen LogP contribution in [0.3, 0.4) is 0 Å². The van der Waals surface area contributed by atoms with Crippen LogP contribution in [-0.4, -0.2) is 26.6 Å². The summed E-state index contributed by atoms with van der Waals surface area (Å²) >= 11 is 7.93. The zero-order valence-electron chi connectivity index (χ0n) is 11.5. The Kier molecular flexibility index (Phi) is 6.22. The van der Waals surface area contributed by atoms with Crippen molar-refractivity contribution in [2.75, 3.05) is 5.75 Å². The van der Waals surface area contributed by atoms with Gasteiger partial charge in [0.1, 0.15) is 5.78 Å². The molecule has 0 saturated carbocycles. The number of aromatic nitrogens is 2. The van der Waals surface area contributed by atoms with E-state index in [9.17, 15) is 4.79 Å². The molecule has 0 aliphatic carbocycles. The van der Waals surface area contributed by atoms with Gasteiger partial charge in [-0.25, -0.2) is 0 Å². The highest BCUT2D eigenvalue weighted by atomic mass is 35.5. The van der Waals surface area contributed by atoms with Gasteiger partial charge in [-0.3, -0.25) is 9.48 Å². The SMILES string of the molecule is CCc1nn(C)c(CC(=O)CSC(C)CC)c1Cl. The quantitative estimate of drug-likeness (QED) is 0.772. The van der Waals surface area contributed by atoms with Crippen molar-refractivity contribution in [1.29, 1.82) is 0 Å². The van der Waals surface area contributed by atoms with Crippen molar-refractivity contribution in [3.8, 4) is 0 Å². The Morgan fingerprint density at radius 2 is 2.17 bits per heavy atom. The largest absolute Gasteiger partial charge is 0.298 e. The van der Waals surface area contributed by atoms with Gasteiger partial charge in [0, 0.05) is 12.3 Å². The Balaban J connectivity index is 2.62. The molecule has 1 aromatic heterocycles. The smallest absolute Gasteiger partial charge is 0.148 e. The van der Waals surface area contributed by atoms with Gasteiger partial charge in [0.25, 0.3) is 0 Å². The predicted octanol–water partition coefficient (Wildman–Crippen LogP) is 3.28. The molecule has 1 unspecified atom stereocenters. The monoisotopic (exact) mass is 288 g/mol. The van der Waals surface area contributed by atoms with E-state index in [4.69, 9.17) is 11.6 Å². The van der Waals surface area contributed by atoms with E-state index in [0.29, 0.717) is 22.4 Å². The molecule has 0 amide bonds. The summed E-state index contributed by atoms with van der Waals surface area (Å²) in [5.41, 5.74) is 1.71. The molecule has 3 nitrogen and oxygen atoms in total. The normalized spacial score (nSPS) is 12.7. The fourth-order valence-electron chi connectivity index (χ4n) is 1.60. The minimum Gasteiger partial charge on any atom is -0.298 e. The van der Waals surface area contributed by atoms with Gasteiger partial charge in [-0.15, -0.1) is 0 Å². The minimum atomic E-state index is 0.216. The van der Waals surface area contributed by atoms with Crippen LogP contribution in [0.5, 0.6) is 0 Å². The second-order valence-electron chi connectivity index (χ2n) is 4.43. The number of aryl methyl sites for hydroxylation is 2. The number of rotatable bonds is 7. The summed E-state index contributed by atoms with van der Waals surface area (Å²) in [5, 5.41) is 5.50. The lowest BCUT2D eigenvalue weighted by atomic mass is 10.2. The fraction of sp³-hybridized carbons (Fsp3) is 0.692. The zero-order valence-corrected chi connectivity index (χ0v) is 13.1. The number of carbonyl (C=O) groups excluding carboxylic acids is 1. The van der Waals surface area contributed by atoms with E-state index >= 15 is 0 Å². The first-order valence-corrected chi connectivity index (χ1v) is 7.75. The topological polar surface area (TPSA) is 34.9 Å². The molecule has 1 atom stereocenters. The number of nitrogens with zero attached hydrogens (tertiary/aromatic N) is 2. The first kappa shape index (κ1) is 15.6. The summed E-state index contributed by atoms with van der Waals surface area (Å²) in [6, 6.07) is 0. The molecule has 0 aliphatic rings. The lowest BCUT2D eigenvalue weighted by Gasteiger charge is -2.07. The third kappa shape index (κ3) is 4.02. The van der Waals surface area contributed by atoms with E-state index in [1.165, 1.54) is 0 Å². The molecule has 0 radical (unpaired) electrons. The Hall–Kier alpha value is -0.480. The fourth-order valence-corrected chi connectivity index (χ4v) is 2.77. The van der Waals surface area contributed by atoms with Gasteiger partial charge in [0.15, 0.2) is 0 Å². The first-order valence-electron chi connectivity index (χ1n) is 6.33. The summed E-state index contributed by atoms with van der Waals surface area (Å²) in [6.07, 6.45) is 2.26. The Morgan fingerprint density at radius 3 is 2.67 bits per heavy atom. The first-order chi connectivity index (χ1) is 8.49. The lowest BCUT2D eigenvalue weighted by molar-refractivity contribution is -0.116. The Morgan fingerprint density at radius 1 is 1.50 bits per heavy atom. The average Bonchev–Trinajstić information content (AvgIpc) is 2.63. The molecule has 18 heavy (non-hydrogen) atoms. The molecule has 0 N–H and O–H groups in total. The zero-order chi connectivity index (χ0) is 13.7. The molecule has 1 rings (SSSR count). The lowest BCUT2D eigenvalue weighted by Crippen LogP contribution is -2.11. The van der Waals surface area contributed by atoms with Crippen LogP contribution >= 0.6 is 23.4 Å². The number of Topliss-reactive ketones (excluding diaryl/α,β-unsaturated/α-hetero) is 1. The van der Waals surface area contributed by atoms with Crippen molar-refractivity contribution in [3.05, 3.63) is 16.4 Å². The highest BCUT2D eigenvalue weighted by molar-refractivity contribution is 8.00. The van der Waals surface area contributed by atoms with Gasteiger partial charge in [0.05, 0.1) is 28.6 Å². The van der Waals surface area contributed by atoms with Crippen molar-refractivity contribution >= 4 is 29.1 Å². The second-order valence-corrected chi connectivity index (χ2v) is 6.23. The van der Waals surface area contributed by atoms with Gasteiger partial charge in [-0.05, 0) is 12.8 Å². The van der Waals surface area contributed by atoms with Crippen molar-refractivity contribution in [2.45, 2.75) is 45.3 Å². The Bertz CT molecular complexity index is 417. The maximum atomic E-state index is 11.9. The van der Waals surface area contributed by atoms with Crippen molar-refractivity contribution < 1.29 is 4.79 Å². The number of halogens is 1. The highest BCUT2D eigenvalue weighted by Crippen LogP contribution is 2.22. The summed E-state index contributed by atoms with van der Waals surface area (Å²) in [5.74, 6) is 0.769. The molecular formula is C13H21ClN2OS.